The fraction of sp³-hybridized carbons (Fsp3) is 0.462. The van der Waals surface area contributed by atoms with Crippen LogP contribution in [0.15, 0.2) is 24.3 Å². The molecule has 0 aliphatic carbocycles. The molecule has 2 rings (SSSR count). The van der Waals surface area contributed by atoms with Crippen LogP contribution in [0.4, 0.5) is 5.69 Å². The largest absolute Gasteiger partial charge is 0.508 e. The number of carbonyl (C=O) groups excluding carboxylic acids is 1. The number of rotatable bonds is 2. The quantitative estimate of drug-likeness (QED) is 0.812. The Balaban J connectivity index is 2.08. The van der Waals surface area contributed by atoms with E-state index in [9.17, 15) is 9.90 Å². The molecule has 1 unspecified atom stereocenters. The summed E-state index contributed by atoms with van der Waals surface area (Å²) in [6.07, 6.45) is 1.99. The topological polar surface area (TPSA) is 52.6 Å². The summed E-state index contributed by atoms with van der Waals surface area (Å²) in [6, 6.07) is 6.78. The first kappa shape index (κ1) is 11.9. The first-order chi connectivity index (χ1) is 8.18. The molecule has 0 spiro atoms. The number of aromatic hydroxyl groups is 1. The molecule has 0 radical (unpaired) electrons. The number of benzene rings is 1. The average molecular weight is 234 g/mol. The van der Waals surface area contributed by atoms with Crippen LogP contribution in [-0.2, 0) is 4.79 Å². The maximum absolute atomic E-state index is 12.2. The van der Waals surface area contributed by atoms with E-state index in [0.717, 1.165) is 31.6 Å². The lowest BCUT2D eigenvalue weighted by atomic mass is 9.98. The summed E-state index contributed by atoms with van der Waals surface area (Å²) < 4.78 is 0. The van der Waals surface area contributed by atoms with Gasteiger partial charge in [0, 0.05) is 25.3 Å². The Hall–Kier alpha value is -1.55. The van der Waals surface area contributed by atoms with Crippen molar-refractivity contribution >= 4 is 11.6 Å². The third-order valence-electron chi connectivity index (χ3n) is 3.19. The Bertz CT molecular complexity index is 400. The van der Waals surface area contributed by atoms with Gasteiger partial charge in [0.05, 0.1) is 5.92 Å². The van der Waals surface area contributed by atoms with Gasteiger partial charge in [-0.3, -0.25) is 4.79 Å². The number of nitrogens with zero attached hydrogens (tertiary/aromatic N) is 1. The number of phenols is 1. The van der Waals surface area contributed by atoms with Gasteiger partial charge in [-0.05, 0) is 31.5 Å². The van der Waals surface area contributed by atoms with E-state index >= 15 is 0 Å². The zero-order valence-electron chi connectivity index (χ0n) is 10.0. The van der Waals surface area contributed by atoms with Crippen LogP contribution in [-0.4, -0.2) is 31.2 Å². The third kappa shape index (κ3) is 2.77. The molecule has 17 heavy (non-hydrogen) atoms. The molecule has 92 valence electrons. The van der Waals surface area contributed by atoms with Crippen molar-refractivity contribution in [2.75, 3.05) is 25.0 Å². The smallest absolute Gasteiger partial charge is 0.231 e. The zero-order valence-corrected chi connectivity index (χ0v) is 10.0. The van der Waals surface area contributed by atoms with E-state index in [2.05, 4.69) is 5.32 Å². The highest BCUT2D eigenvalue weighted by Gasteiger charge is 2.24. The van der Waals surface area contributed by atoms with Crippen molar-refractivity contribution in [2.45, 2.75) is 12.8 Å². The van der Waals surface area contributed by atoms with Gasteiger partial charge in [0.1, 0.15) is 5.75 Å². The molecule has 1 aromatic carbocycles. The molecule has 1 heterocycles. The van der Waals surface area contributed by atoms with Crippen LogP contribution in [0.25, 0.3) is 0 Å². The Morgan fingerprint density at radius 2 is 2.35 bits per heavy atom. The van der Waals surface area contributed by atoms with Crippen LogP contribution in [0, 0.1) is 5.92 Å². The van der Waals surface area contributed by atoms with Crippen molar-refractivity contribution in [3.8, 4) is 5.75 Å². The summed E-state index contributed by atoms with van der Waals surface area (Å²) in [4.78, 5) is 13.8. The van der Waals surface area contributed by atoms with E-state index < -0.39 is 0 Å². The predicted molar refractivity (Wildman–Crippen MR) is 67.1 cm³/mol. The molecule has 1 fully saturated rings. The highest BCUT2D eigenvalue weighted by Crippen LogP contribution is 2.22. The van der Waals surface area contributed by atoms with Crippen LogP contribution in [0.3, 0.4) is 0 Å². The molecule has 4 heteroatoms. The molecule has 1 atom stereocenters. The van der Waals surface area contributed by atoms with Crippen LogP contribution in [0.1, 0.15) is 12.8 Å². The first-order valence-corrected chi connectivity index (χ1v) is 5.96. The Labute approximate surface area is 101 Å². The summed E-state index contributed by atoms with van der Waals surface area (Å²) in [5, 5.41) is 12.6. The van der Waals surface area contributed by atoms with E-state index in [1.165, 1.54) is 0 Å². The molecular weight excluding hydrogens is 216 g/mol. The molecule has 1 aliphatic rings. The van der Waals surface area contributed by atoms with Crippen LogP contribution >= 0.6 is 0 Å². The SMILES string of the molecule is CN(C(=O)C1CCCNC1)c1cccc(O)c1. The molecule has 1 aliphatic heterocycles. The number of carbonyl (C=O) groups is 1. The first-order valence-electron chi connectivity index (χ1n) is 5.96. The normalized spacial score (nSPS) is 19.9. The van der Waals surface area contributed by atoms with Crippen molar-refractivity contribution in [1.82, 2.24) is 5.32 Å². The van der Waals surface area contributed by atoms with Gasteiger partial charge in [0.2, 0.25) is 5.91 Å². The zero-order chi connectivity index (χ0) is 12.3. The second kappa shape index (κ2) is 5.19. The molecule has 0 aromatic heterocycles. The molecule has 1 aromatic rings. The molecule has 2 N–H and O–H groups in total. The lowest BCUT2D eigenvalue weighted by Crippen LogP contribution is -2.41. The van der Waals surface area contributed by atoms with Crippen molar-refractivity contribution in [1.29, 1.82) is 0 Å². The maximum Gasteiger partial charge on any atom is 0.231 e. The van der Waals surface area contributed by atoms with E-state index in [1.54, 1.807) is 30.1 Å². The van der Waals surface area contributed by atoms with Crippen molar-refractivity contribution in [2.24, 2.45) is 5.92 Å². The minimum atomic E-state index is 0.0519. The van der Waals surface area contributed by atoms with E-state index in [1.807, 2.05) is 6.07 Å². The molecule has 0 bridgehead atoms. The number of nitrogens with one attached hydrogen (secondary N) is 1. The van der Waals surface area contributed by atoms with Gasteiger partial charge in [0.25, 0.3) is 0 Å². The number of phenolic OH excluding ortho intramolecular Hbond substituents is 1. The van der Waals surface area contributed by atoms with Gasteiger partial charge in [-0.15, -0.1) is 0 Å². The van der Waals surface area contributed by atoms with Gasteiger partial charge >= 0.3 is 0 Å². The van der Waals surface area contributed by atoms with Crippen LogP contribution in [0.2, 0.25) is 0 Å². The Morgan fingerprint density at radius 1 is 1.53 bits per heavy atom. The van der Waals surface area contributed by atoms with Gasteiger partial charge in [-0.25, -0.2) is 0 Å². The maximum atomic E-state index is 12.2. The van der Waals surface area contributed by atoms with E-state index in [4.69, 9.17) is 0 Å². The number of hydrogen-bond acceptors (Lipinski definition) is 3. The summed E-state index contributed by atoms with van der Waals surface area (Å²) in [6.45, 7) is 1.75. The second-order valence-electron chi connectivity index (χ2n) is 4.46. The Kier molecular flexibility index (Phi) is 3.64. The lowest BCUT2D eigenvalue weighted by molar-refractivity contribution is -0.122. The summed E-state index contributed by atoms with van der Waals surface area (Å²) in [7, 11) is 1.76. The minimum absolute atomic E-state index is 0.0519. The van der Waals surface area contributed by atoms with Crippen molar-refractivity contribution in [3.05, 3.63) is 24.3 Å². The minimum Gasteiger partial charge on any atom is -0.508 e. The lowest BCUT2D eigenvalue weighted by Gasteiger charge is -2.27. The van der Waals surface area contributed by atoms with Crippen molar-refractivity contribution < 1.29 is 9.90 Å². The number of amides is 1. The van der Waals surface area contributed by atoms with Crippen LogP contribution < -0.4 is 10.2 Å². The fourth-order valence-electron chi connectivity index (χ4n) is 2.17. The number of hydrogen-bond donors (Lipinski definition) is 2. The summed E-state index contributed by atoms with van der Waals surface area (Å²) >= 11 is 0. The molecular formula is C13H18N2O2. The van der Waals surface area contributed by atoms with E-state index in [-0.39, 0.29) is 17.6 Å². The standard InChI is InChI=1S/C13H18N2O2/c1-15(11-5-2-6-12(16)8-11)13(17)10-4-3-7-14-9-10/h2,5-6,8,10,14,16H,3-4,7,9H2,1H3. The monoisotopic (exact) mass is 234 g/mol. The van der Waals surface area contributed by atoms with Crippen LogP contribution in [0.5, 0.6) is 5.75 Å². The Morgan fingerprint density at radius 3 is 3.00 bits per heavy atom. The molecule has 4 nitrogen and oxygen atoms in total. The number of anilines is 1. The predicted octanol–water partition coefficient (Wildman–Crippen LogP) is 1.35. The average Bonchev–Trinajstić information content (AvgIpc) is 2.38. The number of piperidine rings is 1. The molecule has 1 amide bonds. The fourth-order valence-corrected chi connectivity index (χ4v) is 2.17. The summed E-state index contributed by atoms with van der Waals surface area (Å²) in [5.74, 6) is 0.350. The van der Waals surface area contributed by atoms with Crippen molar-refractivity contribution in [3.63, 3.8) is 0 Å². The van der Waals surface area contributed by atoms with E-state index in [0.29, 0.717) is 0 Å². The van der Waals surface area contributed by atoms with Gasteiger partial charge < -0.3 is 15.3 Å². The summed E-state index contributed by atoms with van der Waals surface area (Å²) in [5.41, 5.74) is 0.737. The molecule has 0 saturated carbocycles. The van der Waals surface area contributed by atoms with Gasteiger partial charge in [-0.2, -0.15) is 0 Å². The third-order valence-corrected chi connectivity index (χ3v) is 3.19. The molecule has 1 saturated heterocycles. The highest BCUT2D eigenvalue weighted by atomic mass is 16.3. The van der Waals surface area contributed by atoms with Gasteiger partial charge in [-0.1, -0.05) is 6.07 Å². The van der Waals surface area contributed by atoms with Gasteiger partial charge in [0.15, 0.2) is 0 Å². The highest BCUT2D eigenvalue weighted by molar-refractivity contribution is 5.94. The second-order valence-corrected chi connectivity index (χ2v) is 4.46.